The van der Waals surface area contributed by atoms with Gasteiger partial charge in [-0.25, -0.2) is 9.59 Å². The molecule has 0 saturated carbocycles. The fraction of sp³-hybridized carbons (Fsp3) is 0.224. The van der Waals surface area contributed by atoms with E-state index in [0.29, 0.717) is 29.5 Å². The molecule has 0 aliphatic heterocycles. The molecule has 0 saturated heterocycles. The number of aromatic nitrogens is 8. The van der Waals surface area contributed by atoms with Crippen LogP contribution in [-0.4, -0.2) is 52.5 Å². The third-order valence-electron chi connectivity index (χ3n) is 10.6. The number of nitrogens with one attached hydrogen (secondary N) is 3. The highest BCUT2D eigenvalue weighted by molar-refractivity contribution is 6.35. The SMILES string of the molecule is CC(C)C.Cc1ccc2ncccc2c1-c1cc(-c2c(C)noc2C)cc2[nH]c(=O)[nH]c12.Cc1ccc2ncccc2c1O[B]O.Cc1noc(C)c1-c1cc(Cl)c2c(c1)[nH]c(=O)n2C. The molecule has 0 aliphatic rings. The van der Waals surface area contributed by atoms with Crippen molar-refractivity contribution in [2.45, 2.75) is 62.3 Å². The van der Waals surface area contributed by atoms with Crippen LogP contribution < -0.4 is 16.0 Å². The molecule has 10 rings (SSSR count). The van der Waals surface area contributed by atoms with Crippen molar-refractivity contribution in [3.8, 4) is 39.1 Å². The lowest BCUT2D eigenvalue weighted by molar-refractivity contribution is 0.393. The molecule has 4 aromatic carbocycles. The summed E-state index contributed by atoms with van der Waals surface area (Å²) in [4.78, 5) is 41.0. The van der Waals surface area contributed by atoms with Gasteiger partial charge in [-0.05, 0) is 130 Å². The second-order valence-electron chi connectivity index (χ2n) is 16.3. The molecule has 331 valence electrons. The summed E-state index contributed by atoms with van der Waals surface area (Å²) in [6, 6.07) is 23.4. The average molecular weight is 892 g/mol. The van der Waals surface area contributed by atoms with E-state index in [9.17, 15) is 9.59 Å². The molecular weight excluding hydrogens is 843 g/mol. The van der Waals surface area contributed by atoms with Crippen molar-refractivity contribution < 1.29 is 18.7 Å². The number of benzene rings is 4. The van der Waals surface area contributed by atoms with Crippen LogP contribution in [0.15, 0.2) is 104 Å². The fourth-order valence-electron chi connectivity index (χ4n) is 7.82. The zero-order chi connectivity index (χ0) is 46.7. The zero-order valence-electron chi connectivity index (χ0n) is 37.8. The smallest absolute Gasteiger partial charge is 0.537 e. The van der Waals surface area contributed by atoms with Crippen molar-refractivity contribution in [1.82, 2.24) is 39.8 Å². The Morgan fingerprint density at radius 2 is 1.26 bits per heavy atom. The molecule has 0 amide bonds. The maximum Gasteiger partial charge on any atom is 0.569 e. The Kier molecular flexibility index (Phi) is 13.6. The first-order valence-corrected chi connectivity index (χ1v) is 21.3. The van der Waals surface area contributed by atoms with Crippen molar-refractivity contribution in [2.24, 2.45) is 13.0 Å². The van der Waals surface area contributed by atoms with E-state index in [1.165, 1.54) is 4.57 Å². The van der Waals surface area contributed by atoms with Crippen molar-refractivity contribution in [3.63, 3.8) is 0 Å². The summed E-state index contributed by atoms with van der Waals surface area (Å²) < 4.78 is 17.1. The van der Waals surface area contributed by atoms with Crippen LogP contribution in [0.25, 0.3) is 77.3 Å². The number of H-pyrrole nitrogens is 3. The minimum atomic E-state index is -0.233. The lowest BCUT2D eigenvalue weighted by Gasteiger charge is -2.13. The van der Waals surface area contributed by atoms with Gasteiger partial charge in [-0.1, -0.05) is 60.9 Å². The van der Waals surface area contributed by atoms with E-state index in [4.69, 9.17) is 30.3 Å². The Labute approximate surface area is 380 Å². The van der Waals surface area contributed by atoms with Crippen molar-refractivity contribution >= 4 is 63.2 Å². The normalized spacial score (nSPS) is 11.0. The van der Waals surface area contributed by atoms with Crippen molar-refractivity contribution in [3.05, 3.63) is 145 Å². The van der Waals surface area contributed by atoms with Gasteiger partial charge in [0.2, 0.25) is 0 Å². The van der Waals surface area contributed by atoms with Gasteiger partial charge in [-0.3, -0.25) is 14.5 Å². The number of hydrogen-bond donors (Lipinski definition) is 4. The van der Waals surface area contributed by atoms with Gasteiger partial charge in [0.25, 0.3) is 0 Å². The lowest BCUT2D eigenvalue weighted by Crippen LogP contribution is -2.11. The van der Waals surface area contributed by atoms with Crippen molar-refractivity contribution in [1.29, 1.82) is 0 Å². The number of aromatic amines is 3. The van der Waals surface area contributed by atoms with Crippen LogP contribution in [0.1, 0.15) is 54.8 Å². The van der Waals surface area contributed by atoms with E-state index in [2.05, 4.69) is 81.1 Å². The van der Waals surface area contributed by atoms with Crippen LogP contribution in [0.5, 0.6) is 5.75 Å². The molecule has 0 aliphatic carbocycles. The topological polar surface area (TPSA) is 194 Å². The third kappa shape index (κ3) is 9.52. The van der Waals surface area contributed by atoms with Gasteiger partial charge in [0.15, 0.2) is 0 Å². The van der Waals surface area contributed by atoms with Crippen LogP contribution in [-0.2, 0) is 7.05 Å². The Morgan fingerprint density at radius 1 is 0.708 bits per heavy atom. The van der Waals surface area contributed by atoms with Crippen molar-refractivity contribution in [2.75, 3.05) is 0 Å². The van der Waals surface area contributed by atoms with Gasteiger partial charge < -0.3 is 33.7 Å². The molecule has 16 heteroatoms. The Balaban J connectivity index is 0.000000148. The average Bonchev–Trinajstić information content (AvgIpc) is 4.01. The summed E-state index contributed by atoms with van der Waals surface area (Å²) in [7, 11) is 2.37. The maximum absolute atomic E-state index is 12.1. The predicted molar refractivity (Wildman–Crippen MR) is 258 cm³/mol. The Hall–Kier alpha value is -7.23. The minimum absolute atomic E-state index is 0.187. The van der Waals surface area contributed by atoms with Gasteiger partial charge in [-0.2, -0.15) is 0 Å². The van der Waals surface area contributed by atoms with E-state index in [0.717, 1.165) is 106 Å². The first kappa shape index (κ1) is 45.8. The van der Waals surface area contributed by atoms with Crippen LogP contribution in [0.2, 0.25) is 5.02 Å². The quantitative estimate of drug-likeness (QED) is 0.121. The minimum Gasteiger partial charge on any atom is -0.537 e. The first-order valence-electron chi connectivity index (χ1n) is 20.9. The molecule has 6 heterocycles. The molecule has 10 aromatic rings. The highest BCUT2D eigenvalue weighted by Gasteiger charge is 2.19. The van der Waals surface area contributed by atoms with Gasteiger partial charge in [0, 0.05) is 46.9 Å². The zero-order valence-corrected chi connectivity index (χ0v) is 38.6. The number of rotatable bonds is 5. The number of nitrogens with zero attached hydrogens (tertiary/aromatic N) is 5. The van der Waals surface area contributed by atoms with E-state index in [1.807, 2.05) is 89.2 Å². The summed E-state index contributed by atoms with van der Waals surface area (Å²) in [5, 5.41) is 19.1. The molecule has 0 unspecified atom stereocenters. The molecule has 0 bridgehead atoms. The second kappa shape index (κ2) is 19.3. The second-order valence-corrected chi connectivity index (χ2v) is 16.7. The summed E-state index contributed by atoms with van der Waals surface area (Å²) in [5.41, 5.74) is 13.7. The summed E-state index contributed by atoms with van der Waals surface area (Å²) >= 11 is 6.27. The van der Waals surface area contributed by atoms with E-state index in [1.54, 1.807) is 19.4 Å². The lowest BCUT2D eigenvalue weighted by atomic mass is 9.92. The molecule has 1 radical (unpaired) electrons. The Bertz CT molecular complexity index is 3410. The number of halogens is 1. The monoisotopic (exact) mass is 891 g/mol. The van der Waals surface area contributed by atoms with Gasteiger partial charge in [0.1, 0.15) is 17.3 Å². The largest absolute Gasteiger partial charge is 0.569 e. The summed E-state index contributed by atoms with van der Waals surface area (Å²) in [6.45, 7) is 18.0. The number of pyridine rings is 2. The number of imidazole rings is 2. The molecule has 0 fully saturated rings. The maximum atomic E-state index is 12.1. The number of hydrogen-bond acceptors (Lipinski definition) is 10. The van der Waals surface area contributed by atoms with Crippen LogP contribution in [0.4, 0.5) is 0 Å². The van der Waals surface area contributed by atoms with Crippen LogP contribution >= 0.6 is 11.6 Å². The summed E-state index contributed by atoms with van der Waals surface area (Å²) in [6.07, 6.45) is 3.51. The van der Waals surface area contributed by atoms with Gasteiger partial charge >= 0.3 is 19.1 Å². The summed E-state index contributed by atoms with van der Waals surface area (Å²) in [5.74, 6) is 2.96. The Morgan fingerprint density at radius 3 is 1.85 bits per heavy atom. The van der Waals surface area contributed by atoms with Crippen LogP contribution in [0.3, 0.4) is 0 Å². The molecule has 14 nitrogen and oxygen atoms in total. The standard InChI is InChI=1S/C22H18N4O2.C13H12ClN3O2.C10H9BNO2.C4H10/c1-11-6-7-17-15(5-4-8-23-17)19(11)16-9-14(20-12(2)26-28-13(20)3)10-18-21(16)25-22(27)24-18;1-6-11(7(2)19-16-6)8-4-9(14)12-10(5-8)15-13(18)17(12)3;1-7-4-5-9-8(3-2-6-12-9)10(7)14-11-13;1-4(2)3/h4-10H,1-3H3,(H2,24,25,27);4-5H,1-3H3,(H,15,18);2-6,13H,1H3;4H,1-3H3. The molecule has 0 spiro atoms. The predicted octanol–water partition coefficient (Wildman–Crippen LogP) is 10.6. The molecule has 6 aromatic heterocycles. The van der Waals surface area contributed by atoms with E-state index >= 15 is 0 Å². The van der Waals surface area contributed by atoms with E-state index < -0.39 is 0 Å². The highest BCUT2D eigenvalue weighted by atomic mass is 35.5. The molecule has 4 N–H and O–H groups in total. The molecular formula is C49H49BClN8O6. The molecule has 0 atom stereocenters. The highest BCUT2D eigenvalue weighted by Crippen LogP contribution is 2.39. The third-order valence-corrected chi connectivity index (χ3v) is 10.9. The van der Waals surface area contributed by atoms with Gasteiger partial charge in [0.05, 0.1) is 49.5 Å². The number of fused-ring (bicyclic) bond motifs is 4. The van der Waals surface area contributed by atoms with E-state index in [-0.39, 0.29) is 11.4 Å². The fourth-order valence-corrected chi connectivity index (χ4v) is 8.16. The number of aryl methyl sites for hydroxylation is 7. The molecule has 65 heavy (non-hydrogen) atoms. The first-order chi connectivity index (χ1) is 31.1. The van der Waals surface area contributed by atoms with Crippen LogP contribution in [0, 0.1) is 47.5 Å². The van der Waals surface area contributed by atoms with Gasteiger partial charge in [-0.15, -0.1) is 0 Å².